The number of fused-ring (bicyclic) bond motifs is 1. The van der Waals surface area contributed by atoms with E-state index < -0.39 is 0 Å². The van der Waals surface area contributed by atoms with E-state index in [9.17, 15) is 4.79 Å². The molecule has 0 saturated heterocycles. The molecule has 0 saturated carbocycles. The minimum Gasteiger partial charge on any atom is -0.325 e. The first-order chi connectivity index (χ1) is 6.31. The van der Waals surface area contributed by atoms with E-state index in [0.717, 1.165) is 11.4 Å². The molecule has 0 spiro atoms. The van der Waals surface area contributed by atoms with Crippen LogP contribution >= 0.6 is 11.8 Å². The first-order valence-electron chi connectivity index (χ1n) is 4.36. The number of carbonyl (C=O) groups is 1. The summed E-state index contributed by atoms with van der Waals surface area (Å²) in [5, 5.41) is 2.84. The van der Waals surface area contributed by atoms with E-state index >= 15 is 0 Å². The van der Waals surface area contributed by atoms with Gasteiger partial charge >= 0.3 is 0 Å². The summed E-state index contributed by atoms with van der Waals surface area (Å²) >= 11 is 1.79. The van der Waals surface area contributed by atoms with Crippen molar-refractivity contribution in [2.24, 2.45) is 0 Å². The molecular weight excluding hydrogens is 182 g/mol. The Kier molecular flexibility index (Phi) is 2.27. The second-order valence-corrected chi connectivity index (χ2v) is 4.25. The number of amides is 1. The van der Waals surface area contributed by atoms with Crippen LogP contribution in [-0.4, -0.2) is 11.7 Å². The third-order valence-electron chi connectivity index (χ3n) is 2.04. The number of nitrogens with one attached hydrogen (secondary N) is 1. The zero-order valence-corrected chi connectivity index (χ0v) is 8.28. The Morgan fingerprint density at radius 2 is 2.38 bits per heavy atom. The molecule has 0 aliphatic carbocycles. The van der Waals surface area contributed by atoms with Crippen molar-refractivity contribution in [2.45, 2.75) is 18.2 Å². The van der Waals surface area contributed by atoms with E-state index in [1.54, 1.807) is 11.8 Å². The highest BCUT2D eigenvalue weighted by Gasteiger charge is 2.19. The molecular formula is C10H11NOS. The topological polar surface area (TPSA) is 29.1 Å². The van der Waals surface area contributed by atoms with Gasteiger partial charge in [-0.3, -0.25) is 4.79 Å². The molecule has 0 fully saturated rings. The van der Waals surface area contributed by atoms with Crippen LogP contribution in [0, 0.1) is 0 Å². The van der Waals surface area contributed by atoms with E-state index in [0.29, 0.717) is 6.42 Å². The van der Waals surface area contributed by atoms with Crippen LogP contribution in [0.4, 0.5) is 5.69 Å². The van der Waals surface area contributed by atoms with Crippen LogP contribution in [0.2, 0.25) is 0 Å². The Morgan fingerprint density at radius 1 is 1.54 bits per heavy atom. The highest BCUT2D eigenvalue weighted by Crippen LogP contribution is 2.32. The number of hydrogen-bond donors (Lipinski definition) is 1. The van der Waals surface area contributed by atoms with Crippen LogP contribution in [0.3, 0.4) is 0 Å². The molecule has 0 aromatic heterocycles. The summed E-state index contributed by atoms with van der Waals surface area (Å²) in [7, 11) is 0. The molecule has 0 bridgehead atoms. The third kappa shape index (κ3) is 1.56. The fourth-order valence-corrected chi connectivity index (χ4v) is 2.35. The van der Waals surface area contributed by atoms with Gasteiger partial charge in [-0.25, -0.2) is 0 Å². The van der Waals surface area contributed by atoms with Crippen molar-refractivity contribution in [1.82, 2.24) is 0 Å². The number of hydrogen-bond acceptors (Lipinski definition) is 2. The van der Waals surface area contributed by atoms with Crippen LogP contribution in [0.1, 0.15) is 12.5 Å². The van der Waals surface area contributed by atoms with Crippen LogP contribution in [0.5, 0.6) is 0 Å². The van der Waals surface area contributed by atoms with E-state index in [2.05, 4.69) is 18.3 Å². The summed E-state index contributed by atoms with van der Waals surface area (Å²) in [5.74, 6) is 1.16. The Hall–Kier alpha value is -0.960. The molecule has 1 aliphatic rings. The van der Waals surface area contributed by atoms with Crippen LogP contribution in [0.15, 0.2) is 23.1 Å². The van der Waals surface area contributed by atoms with Gasteiger partial charge in [0.25, 0.3) is 0 Å². The predicted octanol–water partition coefficient (Wildman–Crippen LogP) is 2.29. The molecule has 1 heterocycles. The Labute approximate surface area is 81.7 Å². The summed E-state index contributed by atoms with van der Waals surface area (Å²) in [5.41, 5.74) is 2.16. The van der Waals surface area contributed by atoms with Gasteiger partial charge in [0, 0.05) is 10.6 Å². The Balaban J connectivity index is 2.39. The van der Waals surface area contributed by atoms with Crippen LogP contribution in [-0.2, 0) is 11.2 Å². The molecule has 1 aromatic rings. The standard InChI is InChI=1S/C10H11NOS/c1-2-13-9-5-3-4-8-7(9)6-10(12)11-8/h3-5H,2,6H2,1H3,(H,11,12). The fourth-order valence-electron chi connectivity index (χ4n) is 1.51. The monoisotopic (exact) mass is 193 g/mol. The van der Waals surface area contributed by atoms with Gasteiger partial charge in [-0.15, -0.1) is 11.8 Å². The lowest BCUT2D eigenvalue weighted by Gasteiger charge is -2.04. The molecule has 1 aromatic carbocycles. The molecule has 2 nitrogen and oxygen atoms in total. The number of carbonyl (C=O) groups excluding carboxylic acids is 1. The van der Waals surface area contributed by atoms with E-state index in [1.807, 2.05) is 12.1 Å². The van der Waals surface area contributed by atoms with Gasteiger partial charge in [0.1, 0.15) is 0 Å². The van der Waals surface area contributed by atoms with Gasteiger partial charge < -0.3 is 5.32 Å². The van der Waals surface area contributed by atoms with Crippen molar-refractivity contribution in [3.63, 3.8) is 0 Å². The highest BCUT2D eigenvalue weighted by atomic mass is 32.2. The lowest BCUT2D eigenvalue weighted by molar-refractivity contribution is -0.115. The number of benzene rings is 1. The number of rotatable bonds is 2. The van der Waals surface area contributed by atoms with Gasteiger partial charge in [0.2, 0.25) is 5.91 Å². The number of thioether (sulfide) groups is 1. The predicted molar refractivity (Wildman–Crippen MR) is 55.2 cm³/mol. The molecule has 68 valence electrons. The van der Waals surface area contributed by atoms with Crippen molar-refractivity contribution in [1.29, 1.82) is 0 Å². The van der Waals surface area contributed by atoms with Gasteiger partial charge in [-0.2, -0.15) is 0 Å². The smallest absolute Gasteiger partial charge is 0.228 e. The average Bonchev–Trinajstić information content (AvgIpc) is 2.47. The minimum absolute atomic E-state index is 0.110. The summed E-state index contributed by atoms with van der Waals surface area (Å²) in [4.78, 5) is 12.4. The normalized spacial score (nSPS) is 14.1. The van der Waals surface area contributed by atoms with Crippen molar-refractivity contribution < 1.29 is 4.79 Å². The SMILES string of the molecule is CCSc1cccc2c1CC(=O)N2. The summed E-state index contributed by atoms with van der Waals surface area (Å²) in [6, 6.07) is 6.02. The zero-order chi connectivity index (χ0) is 9.26. The maximum atomic E-state index is 11.1. The molecule has 1 aliphatic heterocycles. The number of anilines is 1. The molecule has 1 amide bonds. The molecule has 0 atom stereocenters. The van der Waals surface area contributed by atoms with E-state index in [4.69, 9.17) is 0 Å². The maximum absolute atomic E-state index is 11.1. The third-order valence-corrected chi connectivity index (χ3v) is 3.03. The van der Waals surface area contributed by atoms with Crippen molar-refractivity contribution >= 4 is 23.4 Å². The molecule has 1 N–H and O–H groups in total. The summed E-state index contributed by atoms with van der Waals surface area (Å²) < 4.78 is 0. The quantitative estimate of drug-likeness (QED) is 0.730. The summed E-state index contributed by atoms with van der Waals surface area (Å²) in [6.45, 7) is 2.12. The second kappa shape index (κ2) is 3.42. The van der Waals surface area contributed by atoms with Crippen LogP contribution < -0.4 is 5.32 Å². The van der Waals surface area contributed by atoms with Crippen molar-refractivity contribution in [3.8, 4) is 0 Å². The molecule has 3 heteroatoms. The fraction of sp³-hybridized carbons (Fsp3) is 0.300. The van der Waals surface area contributed by atoms with Crippen molar-refractivity contribution in [2.75, 3.05) is 11.1 Å². The van der Waals surface area contributed by atoms with Gasteiger partial charge in [0.05, 0.1) is 6.42 Å². The highest BCUT2D eigenvalue weighted by molar-refractivity contribution is 7.99. The Morgan fingerprint density at radius 3 is 3.15 bits per heavy atom. The first-order valence-corrected chi connectivity index (χ1v) is 5.34. The van der Waals surface area contributed by atoms with Gasteiger partial charge in [0.15, 0.2) is 0 Å². The molecule has 2 rings (SSSR count). The zero-order valence-electron chi connectivity index (χ0n) is 7.46. The lowest BCUT2D eigenvalue weighted by atomic mass is 10.2. The molecule has 13 heavy (non-hydrogen) atoms. The largest absolute Gasteiger partial charge is 0.325 e. The minimum atomic E-state index is 0.110. The molecule has 0 unspecified atom stereocenters. The lowest BCUT2D eigenvalue weighted by Crippen LogP contribution is -2.03. The van der Waals surface area contributed by atoms with Crippen LogP contribution in [0.25, 0.3) is 0 Å². The first kappa shape index (κ1) is 8.63. The molecule has 0 radical (unpaired) electrons. The van der Waals surface area contributed by atoms with E-state index in [-0.39, 0.29) is 5.91 Å². The van der Waals surface area contributed by atoms with Gasteiger partial charge in [-0.1, -0.05) is 13.0 Å². The summed E-state index contributed by atoms with van der Waals surface area (Å²) in [6.07, 6.45) is 0.540. The Bertz CT molecular complexity index is 349. The second-order valence-electron chi connectivity index (χ2n) is 2.94. The van der Waals surface area contributed by atoms with Gasteiger partial charge in [-0.05, 0) is 23.4 Å². The average molecular weight is 193 g/mol. The van der Waals surface area contributed by atoms with Crippen molar-refractivity contribution in [3.05, 3.63) is 23.8 Å². The van der Waals surface area contributed by atoms with E-state index in [1.165, 1.54) is 10.5 Å². The maximum Gasteiger partial charge on any atom is 0.228 e.